The molecule has 1 atom stereocenters. The molecule has 1 aromatic rings. The van der Waals surface area contributed by atoms with Gasteiger partial charge in [-0.05, 0) is 6.07 Å². The molecule has 0 spiro atoms. The predicted molar refractivity (Wildman–Crippen MR) is 57.4 cm³/mol. The van der Waals surface area contributed by atoms with Gasteiger partial charge in [-0.3, -0.25) is 14.9 Å². The maximum Gasteiger partial charge on any atom is 0.272 e. The molecule has 0 aromatic heterocycles. The highest BCUT2D eigenvalue weighted by atomic mass is 19.3. The van der Waals surface area contributed by atoms with Crippen LogP contribution in [0.3, 0.4) is 0 Å². The highest BCUT2D eigenvalue weighted by Crippen LogP contribution is 2.16. The van der Waals surface area contributed by atoms with Crippen molar-refractivity contribution in [3.8, 4) is 0 Å². The van der Waals surface area contributed by atoms with Gasteiger partial charge in [-0.1, -0.05) is 0 Å². The molecular weight excluding hydrogens is 269 g/mol. The Morgan fingerprint density at radius 2 is 2.11 bits per heavy atom. The molecule has 6 nitrogen and oxygen atoms in total. The molecule has 2 N–H and O–H groups in total. The molecule has 1 unspecified atom stereocenters. The first-order chi connectivity index (χ1) is 8.82. The minimum Gasteiger partial charge on any atom is -0.385 e. The molecule has 104 valence electrons. The Balaban J connectivity index is 2.75. The number of benzene rings is 1. The number of aliphatic hydroxyl groups is 1. The van der Waals surface area contributed by atoms with Gasteiger partial charge in [0, 0.05) is 12.6 Å². The summed E-state index contributed by atoms with van der Waals surface area (Å²) in [6.07, 6.45) is -5.10. The van der Waals surface area contributed by atoms with Crippen LogP contribution in [0.4, 0.5) is 18.9 Å². The Bertz CT molecular complexity index is 496. The molecule has 0 bridgehead atoms. The van der Waals surface area contributed by atoms with E-state index < -0.39 is 47.0 Å². The topological polar surface area (TPSA) is 92.5 Å². The van der Waals surface area contributed by atoms with Crippen molar-refractivity contribution in [2.45, 2.75) is 12.5 Å². The summed E-state index contributed by atoms with van der Waals surface area (Å²) in [5, 5.41) is 21.0. The number of carbonyl (C=O) groups excluding carboxylic acids is 1. The lowest BCUT2D eigenvalue weighted by atomic mass is 10.1. The molecular formula is C10H9F3N2O4. The van der Waals surface area contributed by atoms with Crippen LogP contribution < -0.4 is 5.32 Å². The summed E-state index contributed by atoms with van der Waals surface area (Å²) in [5.41, 5.74) is -1.08. The first-order valence-electron chi connectivity index (χ1n) is 5.01. The average molecular weight is 278 g/mol. The van der Waals surface area contributed by atoms with Crippen LogP contribution in [0.15, 0.2) is 18.2 Å². The maximum absolute atomic E-state index is 13.4. The summed E-state index contributed by atoms with van der Waals surface area (Å²) < 4.78 is 37.3. The molecule has 0 aliphatic heterocycles. The third kappa shape index (κ3) is 3.91. The molecule has 19 heavy (non-hydrogen) atoms. The van der Waals surface area contributed by atoms with Gasteiger partial charge in [0.25, 0.3) is 18.0 Å². The van der Waals surface area contributed by atoms with E-state index >= 15 is 0 Å². The van der Waals surface area contributed by atoms with Gasteiger partial charge in [0.2, 0.25) is 0 Å². The fourth-order valence-electron chi connectivity index (χ4n) is 1.18. The molecule has 0 saturated heterocycles. The highest BCUT2D eigenvalue weighted by molar-refractivity contribution is 5.94. The Kier molecular flexibility index (Phi) is 4.81. The Morgan fingerprint density at radius 3 is 2.58 bits per heavy atom. The van der Waals surface area contributed by atoms with Gasteiger partial charge < -0.3 is 10.4 Å². The zero-order valence-electron chi connectivity index (χ0n) is 9.35. The number of nitrogens with one attached hydrogen (secondary N) is 1. The Labute approximate surface area is 105 Å². The number of rotatable bonds is 5. The van der Waals surface area contributed by atoms with Crippen LogP contribution in [0.1, 0.15) is 10.4 Å². The van der Waals surface area contributed by atoms with Crippen molar-refractivity contribution in [3.05, 3.63) is 39.7 Å². The number of halogens is 3. The van der Waals surface area contributed by atoms with Crippen LogP contribution in [-0.4, -0.2) is 35.0 Å². The van der Waals surface area contributed by atoms with Gasteiger partial charge >= 0.3 is 0 Å². The zero-order valence-corrected chi connectivity index (χ0v) is 9.35. The summed E-state index contributed by atoms with van der Waals surface area (Å²) in [5.74, 6) is -2.20. The second-order valence-corrected chi connectivity index (χ2v) is 3.53. The lowest BCUT2D eigenvalue weighted by Crippen LogP contribution is -2.36. The normalized spacial score (nSPS) is 12.3. The largest absolute Gasteiger partial charge is 0.385 e. The lowest BCUT2D eigenvalue weighted by molar-refractivity contribution is -0.385. The van der Waals surface area contributed by atoms with E-state index in [0.29, 0.717) is 6.07 Å². The molecule has 0 radical (unpaired) electrons. The predicted octanol–water partition coefficient (Wildman–Crippen LogP) is 1.09. The van der Waals surface area contributed by atoms with E-state index in [-0.39, 0.29) is 0 Å². The SMILES string of the molecule is O=C(NCC(O)C(F)F)c1ccc([N+](=O)[O-])cc1F. The van der Waals surface area contributed by atoms with Crippen molar-refractivity contribution in [2.75, 3.05) is 6.54 Å². The van der Waals surface area contributed by atoms with Crippen molar-refractivity contribution >= 4 is 11.6 Å². The van der Waals surface area contributed by atoms with Gasteiger partial charge in [-0.2, -0.15) is 0 Å². The van der Waals surface area contributed by atoms with Crippen LogP contribution in [0.5, 0.6) is 0 Å². The van der Waals surface area contributed by atoms with Crippen molar-refractivity contribution in [3.63, 3.8) is 0 Å². The lowest BCUT2D eigenvalue weighted by Gasteiger charge is -2.10. The standard InChI is InChI=1S/C10H9F3N2O4/c11-7-3-5(15(18)19)1-2-6(7)10(17)14-4-8(16)9(12)13/h1-3,8-9,16H,4H2,(H,14,17). The van der Waals surface area contributed by atoms with Crippen molar-refractivity contribution in [2.24, 2.45) is 0 Å². The minimum atomic E-state index is -3.04. The quantitative estimate of drug-likeness (QED) is 0.623. The molecule has 0 heterocycles. The van der Waals surface area contributed by atoms with Gasteiger partial charge in [-0.15, -0.1) is 0 Å². The summed E-state index contributed by atoms with van der Waals surface area (Å²) in [6, 6.07) is 2.30. The van der Waals surface area contributed by atoms with Gasteiger partial charge in [0.1, 0.15) is 11.9 Å². The Hall–Kier alpha value is -2.16. The van der Waals surface area contributed by atoms with Crippen LogP contribution in [0.25, 0.3) is 0 Å². The number of nitrogens with zero attached hydrogens (tertiary/aromatic N) is 1. The monoisotopic (exact) mass is 278 g/mol. The number of carbonyl (C=O) groups is 1. The van der Waals surface area contributed by atoms with Gasteiger partial charge in [-0.25, -0.2) is 13.2 Å². The number of nitro benzene ring substituents is 1. The zero-order chi connectivity index (χ0) is 14.6. The fraction of sp³-hybridized carbons (Fsp3) is 0.300. The average Bonchev–Trinajstić information content (AvgIpc) is 2.34. The van der Waals surface area contributed by atoms with Crippen LogP contribution in [-0.2, 0) is 0 Å². The highest BCUT2D eigenvalue weighted by Gasteiger charge is 2.20. The van der Waals surface area contributed by atoms with Crippen molar-refractivity contribution < 1.29 is 28.0 Å². The van der Waals surface area contributed by atoms with E-state index in [1.54, 1.807) is 0 Å². The smallest absolute Gasteiger partial charge is 0.272 e. The first kappa shape index (κ1) is 14.9. The Morgan fingerprint density at radius 1 is 1.47 bits per heavy atom. The number of hydrogen-bond donors (Lipinski definition) is 2. The molecule has 9 heteroatoms. The third-order valence-electron chi connectivity index (χ3n) is 2.17. The summed E-state index contributed by atoms with van der Waals surface area (Å²) in [6.45, 7) is -0.757. The van der Waals surface area contributed by atoms with E-state index in [1.807, 2.05) is 5.32 Å². The minimum absolute atomic E-state index is 0.535. The molecule has 1 amide bonds. The van der Waals surface area contributed by atoms with Crippen LogP contribution >= 0.6 is 0 Å². The second kappa shape index (κ2) is 6.14. The number of aliphatic hydroxyl groups excluding tert-OH is 1. The second-order valence-electron chi connectivity index (χ2n) is 3.53. The number of nitro groups is 1. The molecule has 0 aliphatic carbocycles. The van der Waals surface area contributed by atoms with Crippen LogP contribution in [0, 0.1) is 15.9 Å². The summed E-state index contributed by atoms with van der Waals surface area (Å²) in [4.78, 5) is 20.9. The number of alkyl halides is 2. The van der Waals surface area contributed by atoms with E-state index in [4.69, 9.17) is 5.11 Å². The molecule has 0 fully saturated rings. The van der Waals surface area contributed by atoms with Crippen molar-refractivity contribution in [1.29, 1.82) is 0 Å². The summed E-state index contributed by atoms with van der Waals surface area (Å²) >= 11 is 0. The molecule has 0 aliphatic rings. The molecule has 1 aromatic carbocycles. The number of hydrogen-bond acceptors (Lipinski definition) is 4. The molecule has 0 saturated carbocycles. The van der Waals surface area contributed by atoms with Gasteiger partial charge in [0.15, 0.2) is 0 Å². The maximum atomic E-state index is 13.4. The first-order valence-corrected chi connectivity index (χ1v) is 5.01. The van der Waals surface area contributed by atoms with Gasteiger partial charge in [0.05, 0.1) is 16.6 Å². The van der Waals surface area contributed by atoms with Crippen molar-refractivity contribution in [1.82, 2.24) is 5.32 Å². The summed E-state index contributed by atoms with van der Waals surface area (Å²) in [7, 11) is 0. The fourth-order valence-corrected chi connectivity index (χ4v) is 1.18. The van der Waals surface area contributed by atoms with E-state index in [2.05, 4.69) is 0 Å². The van der Waals surface area contributed by atoms with E-state index in [0.717, 1.165) is 12.1 Å². The number of amides is 1. The molecule has 1 rings (SSSR count). The van der Waals surface area contributed by atoms with Crippen LogP contribution in [0.2, 0.25) is 0 Å². The van der Waals surface area contributed by atoms with E-state index in [9.17, 15) is 28.1 Å². The number of non-ortho nitro benzene ring substituents is 1. The van der Waals surface area contributed by atoms with E-state index in [1.165, 1.54) is 0 Å². The third-order valence-corrected chi connectivity index (χ3v) is 2.17.